The van der Waals surface area contributed by atoms with Gasteiger partial charge in [-0.05, 0) is 38.6 Å². The molecule has 6 nitrogen and oxygen atoms in total. The second-order valence-corrected chi connectivity index (χ2v) is 10.2. The third-order valence-corrected chi connectivity index (χ3v) is 7.35. The zero-order valence-corrected chi connectivity index (χ0v) is 19.3. The molecule has 0 unspecified atom stereocenters. The first-order valence-corrected chi connectivity index (χ1v) is 10.5. The lowest BCUT2D eigenvalue weighted by molar-refractivity contribution is -0.143. The molecule has 1 aliphatic heterocycles. The van der Waals surface area contributed by atoms with Crippen molar-refractivity contribution in [1.29, 1.82) is 0 Å². The van der Waals surface area contributed by atoms with Crippen molar-refractivity contribution in [3.05, 3.63) is 12.7 Å². The molecular formula is C23H38N2O4. The number of carbonyl (C=O) groups is 3. The van der Waals surface area contributed by atoms with Gasteiger partial charge in [-0.15, -0.1) is 6.58 Å². The van der Waals surface area contributed by atoms with Gasteiger partial charge in [0, 0.05) is 24.9 Å². The van der Waals surface area contributed by atoms with Crippen LogP contribution in [0.3, 0.4) is 0 Å². The van der Waals surface area contributed by atoms with Gasteiger partial charge in [0.25, 0.3) is 0 Å². The molecule has 1 amide bonds. The van der Waals surface area contributed by atoms with Crippen LogP contribution >= 0.6 is 0 Å². The van der Waals surface area contributed by atoms with Crippen molar-refractivity contribution in [2.45, 2.75) is 72.1 Å². The molecule has 2 aliphatic rings. The Morgan fingerprint density at radius 3 is 2.31 bits per heavy atom. The third-order valence-electron chi connectivity index (χ3n) is 7.35. The first kappa shape index (κ1) is 23.7. The van der Waals surface area contributed by atoms with Crippen molar-refractivity contribution in [3.63, 3.8) is 0 Å². The van der Waals surface area contributed by atoms with Crippen molar-refractivity contribution in [2.75, 3.05) is 20.7 Å². The van der Waals surface area contributed by atoms with Crippen LogP contribution in [0.2, 0.25) is 0 Å². The fraction of sp³-hybridized carbons (Fsp3) is 0.783. The summed E-state index contributed by atoms with van der Waals surface area (Å²) in [5.74, 6) is -0.268. The van der Waals surface area contributed by atoms with Crippen LogP contribution in [0.15, 0.2) is 12.7 Å². The van der Waals surface area contributed by atoms with Gasteiger partial charge >= 0.3 is 0 Å². The van der Waals surface area contributed by atoms with E-state index in [1.807, 2.05) is 34.6 Å². The highest BCUT2D eigenvalue weighted by atomic mass is 16.5. The molecule has 0 bridgehead atoms. The normalized spacial score (nSPS) is 35.3. The summed E-state index contributed by atoms with van der Waals surface area (Å²) in [6, 6.07) is -1.03. The van der Waals surface area contributed by atoms with E-state index in [2.05, 4.69) is 11.9 Å². The lowest BCUT2D eigenvalue weighted by Crippen LogP contribution is -2.55. The van der Waals surface area contributed by atoms with Gasteiger partial charge in [-0.3, -0.25) is 14.4 Å². The summed E-state index contributed by atoms with van der Waals surface area (Å²) in [5, 5.41) is 3.12. The molecule has 0 aromatic carbocycles. The molecule has 1 saturated carbocycles. The van der Waals surface area contributed by atoms with Gasteiger partial charge in [0.05, 0.1) is 24.2 Å². The molecule has 0 spiro atoms. The summed E-state index contributed by atoms with van der Waals surface area (Å²) >= 11 is 0. The highest BCUT2D eigenvalue weighted by Crippen LogP contribution is 2.57. The topological polar surface area (TPSA) is 75.7 Å². The molecule has 164 valence electrons. The SMILES string of the molecule is C=C[C@@H]1C[C@]1(CC(=O)[C@@H]1[C@@H](C)[C@@](C)(OC)CN1C(=O)[C@@H](NC)C(C)(C)C)C(C)=O. The molecule has 2 rings (SSSR count). The summed E-state index contributed by atoms with van der Waals surface area (Å²) in [7, 11) is 3.39. The summed E-state index contributed by atoms with van der Waals surface area (Å²) in [6.45, 7) is 15.6. The smallest absolute Gasteiger partial charge is 0.240 e. The number of allylic oxidation sites excluding steroid dienone is 1. The maximum atomic E-state index is 13.5. The molecule has 29 heavy (non-hydrogen) atoms. The minimum absolute atomic E-state index is 0.0246. The van der Waals surface area contributed by atoms with Gasteiger partial charge in [-0.25, -0.2) is 0 Å². The van der Waals surface area contributed by atoms with E-state index in [4.69, 9.17) is 4.74 Å². The fourth-order valence-electron chi connectivity index (χ4n) is 4.99. The molecule has 6 heteroatoms. The van der Waals surface area contributed by atoms with Crippen LogP contribution in [0.5, 0.6) is 0 Å². The van der Waals surface area contributed by atoms with E-state index in [0.29, 0.717) is 13.0 Å². The van der Waals surface area contributed by atoms with Crippen LogP contribution in [0.25, 0.3) is 0 Å². The number of carbonyl (C=O) groups excluding carboxylic acids is 3. The van der Waals surface area contributed by atoms with Gasteiger partial charge in [-0.1, -0.05) is 33.8 Å². The predicted octanol–water partition coefficient (Wildman–Crippen LogP) is 2.61. The van der Waals surface area contributed by atoms with Crippen LogP contribution in [0.4, 0.5) is 0 Å². The second kappa shape index (κ2) is 7.95. The molecule has 6 atom stereocenters. The number of amides is 1. The van der Waals surface area contributed by atoms with Gasteiger partial charge in [0.15, 0.2) is 5.78 Å². The summed E-state index contributed by atoms with van der Waals surface area (Å²) < 4.78 is 5.76. The zero-order valence-electron chi connectivity index (χ0n) is 19.3. The quantitative estimate of drug-likeness (QED) is 0.627. The first-order chi connectivity index (χ1) is 13.3. The fourth-order valence-corrected chi connectivity index (χ4v) is 4.99. The van der Waals surface area contributed by atoms with Gasteiger partial charge < -0.3 is 15.0 Å². The van der Waals surface area contributed by atoms with Crippen LogP contribution < -0.4 is 5.32 Å². The van der Waals surface area contributed by atoms with Gasteiger partial charge in [0.1, 0.15) is 5.78 Å². The Morgan fingerprint density at radius 1 is 1.34 bits per heavy atom. The number of likely N-dealkylation sites (tertiary alicyclic amines) is 1. The molecule has 1 aliphatic carbocycles. The van der Waals surface area contributed by atoms with Crippen molar-refractivity contribution in [1.82, 2.24) is 10.2 Å². The Balaban J connectivity index is 2.37. The largest absolute Gasteiger partial charge is 0.376 e. The van der Waals surface area contributed by atoms with E-state index in [0.717, 1.165) is 0 Å². The second-order valence-electron chi connectivity index (χ2n) is 10.2. The molecular weight excluding hydrogens is 368 g/mol. The van der Waals surface area contributed by atoms with Crippen LogP contribution in [-0.4, -0.2) is 60.8 Å². The number of ketones is 2. The molecule has 1 N–H and O–H groups in total. The summed E-state index contributed by atoms with van der Waals surface area (Å²) in [4.78, 5) is 41.0. The van der Waals surface area contributed by atoms with Crippen LogP contribution in [0, 0.1) is 22.7 Å². The standard InChI is InChI=1S/C23H38N2O4/c1-10-16-11-23(16,15(3)26)12-17(27)18-14(2)22(7,29-9)13-25(18)20(28)19(24-8)21(4,5)6/h10,14,16,18-19,24H,1,11-13H2,2-9H3/t14-,16-,18+,19-,22+,23+/m1/s1. The first-order valence-electron chi connectivity index (χ1n) is 10.5. The lowest BCUT2D eigenvalue weighted by Gasteiger charge is -2.35. The summed E-state index contributed by atoms with van der Waals surface area (Å²) in [5.41, 5.74) is -1.57. The zero-order chi connectivity index (χ0) is 22.4. The number of hydrogen-bond donors (Lipinski definition) is 1. The highest BCUT2D eigenvalue weighted by Gasteiger charge is 2.60. The van der Waals surface area contributed by atoms with Crippen LogP contribution in [0.1, 0.15) is 54.4 Å². The van der Waals surface area contributed by atoms with Crippen molar-refractivity contribution in [3.8, 4) is 0 Å². The van der Waals surface area contributed by atoms with Crippen LogP contribution in [-0.2, 0) is 19.1 Å². The lowest BCUT2D eigenvalue weighted by atomic mass is 9.82. The monoisotopic (exact) mass is 406 g/mol. The summed E-state index contributed by atoms with van der Waals surface area (Å²) in [6.07, 6.45) is 2.58. The minimum atomic E-state index is -0.647. The molecule has 0 aromatic rings. The molecule has 0 radical (unpaired) electrons. The Kier molecular flexibility index (Phi) is 6.51. The van der Waals surface area contributed by atoms with E-state index in [1.165, 1.54) is 0 Å². The number of nitrogens with zero attached hydrogens (tertiary/aromatic N) is 1. The maximum absolute atomic E-state index is 13.5. The average molecular weight is 407 g/mol. The minimum Gasteiger partial charge on any atom is -0.376 e. The molecule has 1 heterocycles. The number of Topliss-reactive ketones (excluding diaryl/α,β-unsaturated/α-hetero) is 2. The Bertz CT molecular complexity index is 697. The number of hydrogen-bond acceptors (Lipinski definition) is 5. The van der Waals surface area contributed by atoms with E-state index in [-0.39, 0.29) is 41.1 Å². The number of likely N-dealkylation sites (N-methyl/N-ethyl adjacent to an activating group) is 1. The Labute approximate surface area is 175 Å². The Hall–Kier alpha value is -1.53. The third kappa shape index (κ3) is 4.06. The van der Waals surface area contributed by atoms with E-state index in [9.17, 15) is 14.4 Å². The van der Waals surface area contributed by atoms with E-state index >= 15 is 0 Å². The number of ether oxygens (including phenoxy) is 1. The van der Waals surface area contributed by atoms with Gasteiger partial charge in [-0.2, -0.15) is 0 Å². The highest BCUT2D eigenvalue weighted by molar-refractivity contribution is 5.97. The number of rotatable bonds is 8. The maximum Gasteiger partial charge on any atom is 0.240 e. The number of nitrogens with one attached hydrogen (secondary N) is 1. The Morgan fingerprint density at radius 2 is 1.93 bits per heavy atom. The van der Waals surface area contributed by atoms with Crippen molar-refractivity contribution in [2.24, 2.45) is 22.7 Å². The van der Waals surface area contributed by atoms with E-state index in [1.54, 1.807) is 32.1 Å². The molecule has 1 saturated heterocycles. The number of methoxy groups -OCH3 is 1. The van der Waals surface area contributed by atoms with E-state index < -0.39 is 23.1 Å². The van der Waals surface area contributed by atoms with Crippen molar-refractivity contribution < 1.29 is 19.1 Å². The van der Waals surface area contributed by atoms with Gasteiger partial charge in [0.2, 0.25) is 5.91 Å². The molecule has 2 fully saturated rings. The predicted molar refractivity (Wildman–Crippen MR) is 113 cm³/mol. The molecule has 0 aromatic heterocycles. The van der Waals surface area contributed by atoms with Crippen molar-refractivity contribution >= 4 is 17.5 Å². The average Bonchev–Trinajstić information content (AvgIpc) is 3.27.